The van der Waals surface area contributed by atoms with Gasteiger partial charge in [0.15, 0.2) is 5.16 Å². The minimum atomic E-state index is -0.332. The molecule has 0 saturated carbocycles. The van der Waals surface area contributed by atoms with Crippen LogP contribution in [0.25, 0.3) is 15.8 Å². The summed E-state index contributed by atoms with van der Waals surface area (Å²) < 4.78 is 2.87. The van der Waals surface area contributed by atoms with Gasteiger partial charge in [0.2, 0.25) is 0 Å². The molecule has 1 N–H and O–H groups in total. The Kier molecular flexibility index (Phi) is 4.83. The van der Waals surface area contributed by atoms with Crippen LogP contribution < -0.4 is 0 Å². The predicted molar refractivity (Wildman–Crippen MR) is 95.8 cm³/mol. The number of aliphatic hydroxyl groups excluding tert-OH is 1. The fourth-order valence-corrected chi connectivity index (χ4v) is 4.08. The Bertz CT molecular complexity index is 904. The number of rotatable bonds is 5. The number of aryl methyl sites for hydroxylation is 1. The summed E-state index contributed by atoms with van der Waals surface area (Å²) in [6.07, 6.45) is 1.65. The second-order valence-corrected chi connectivity index (χ2v) is 7.36. The number of nitriles is 1. The SMILES string of the molecule is CCn1cnnc1SC(C)C(O)=C(C#N)c1nc2ccccc2s1. The predicted octanol–water partition coefficient (Wildman–Crippen LogP) is 3.88. The summed E-state index contributed by atoms with van der Waals surface area (Å²) in [4.78, 5) is 4.45. The lowest BCUT2D eigenvalue weighted by atomic mass is 10.2. The summed E-state index contributed by atoms with van der Waals surface area (Å²) in [5, 5.41) is 28.9. The van der Waals surface area contributed by atoms with Crippen molar-refractivity contribution >= 4 is 38.9 Å². The van der Waals surface area contributed by atoms with E-state index in [1.807, 2.05) is 42.7 Å². The molecule has 3 rings (SSSR count). The van der Waals surface area contributed by atoms with Gasteiger partial charge in [0.05, 0.1) is 15.5 Å². The molecule has 0 amide bonds. The molecular formula is C16H15N5OS2. The Morgan fingerprint density at radius 1 is 1.46 bits per heavy atom. The number of allylic oxidation sites excluding steroid dienone is 1. The van der Waals surface area contributed by atoms with E-state index < -0.39 is 0 Å². The van der Waals surface area contributed by atoms with Gasteiger partial charge in [-0.05, 0) is 26.0 Å². The van der Waals surface area contributed by atoms with Gasteiger partial charge in [-0.3, -0.25) is 0 Å². The van der Waals surface area contributed by atoms with Gasteiger partial charge in [-0.25, -0.2) is 4.98 Å². The lowest BCUT2D eigenvalue weighted by molar-refractivity contribution is 0.402. The molecule has 3 aromatic rings. The quantitative estimate of drug-likeness (QED) is 0.423. The molecule has 0 saturated heterocycles. The number of thioether (sulfide) groups is 1. The summed E-state index contributed by atoms with van der Waals surface area (Å²) in [5.74, 6) is 0.00668. The van der Waals surface area contributed by atoms with E-state index in [9.17, 15) is 10.4 Å². The topological polar surface area (TPSA) is 87.6 Å². The van der Waals surface area contributed by atoms with Crippen LogP contribution in [0, 0.1) is 11.3 Å². The normalized spacial score (nSPS) is 13.5. The first-order valence-corrected chi connectivity index (χ1v) is 9.07. The molecule has 24 heavy (non-hydrogen) atoms. The van der Waals surface area contributed by atoms with Crippen LogP contribution in [-0.4, -0.2) is 30.1 Å². The summed E-state index contributed by atoms with van der Waals surface area (Å²) in [6.45, 7) is 4.57. The maximum absolute atomic E-state index is 10.6. The molecule has 0 fully saturated rings. The molecule has 0 bridgehead atoms. The van der Waals surface area contributed by atoms with Gasteiger partial charge in [0.1, 0.15) is 28.7 Å². The largest absolute Gasteiger partial charge is 0.510 e. The number of hydrogen-bond donors (Lipinski definition) is 1. The fraction of sp³-hybridized carbons (Fsp3) is 0.250. The average molecular weight is 357 g/mol. The molecule has 0 aliphatic rings. The lowest BCUT2D eigenvalue weighted by Crippen LogP contribution is -2.06. The molecule has 2 heterocycles. The second kappa shape index (κ2) is 7.03. The molecule has 1 aromatic carbocycles. The molecular weight excluding hydrogens is 342 g/mol. The Hall–Kier alpha value is -2.37. The molecule has 0 aliphatic carbocycles. The zero-order valence-electron chi connectivity index (χ0n) is 13.2. The molecule has 1 unspecified atom stereocenters. The van der Waals surface area contributed by atoms with Crippen LogP contribution >= 0.6 is 23.1 Å². The Morgan fingerprint density at radius 2 is 2.25 bits per heavy atom. The van der Waals surface area contributed by atoms with Crippen molar-refractivity contribution in [2.75, 3.05) is 0 Å². The summed E-state index contributed by atoms with van der Waals surface area (Å²) in [6, 6.07) is 9.76. The van der Waals surface area contributed by atoms with Gasteiger partial charge in [0.25, 0.3) is 0 Å². The zero-order valence-corrected chi connectivity index (χ0v) is 14.8. The van der Waals surface area contributed by atoms with E-state index in [1.54, 1.807) is 6.33 Å². The van der Waals surface area contributed by atoms with Crippen LogP contribution in [-0.2, 0) is 6.54 Å². The fourth-order valence-electron chi connectivity index (χ4n) is 2.16. The van der Waals surface area contributed by atoms with Gasteiger partial charge in [-0.2, -0.15) is 5.26 Å². The number of fused-ring (bicyclic) bond motifs is 1. The summed E-state index contributed by atoms with van der Waals surface area (Å²) in [7, 11) is 0. The van der Waals surface area contributed by atoms with Crippen LogP contribution in [0.5, 0.6) is 0 Å². The van der Waals surface area contributed by atoms with E-state index in [2.05, 4.69) is 21.3 Å². The highest BCUT2D eigenvalue weighted by atomic mass is 32.2. The smallest absolute Gasteiger partial charge is 0.191 e. The number of hydrogen-bond acceptors (Lipinski definition) is 7. The molecule has 122 valence electrons. The van der Waals surface area contributed by atoms with E-state index in [4.69, 9.17) is 0 Å². The van der Waals surface area contributed by atoms with Crippen molar-refractivity contribution in [2.45, 2.75) is 30.8 Å². The number of nitrogens with zero attached hydrogens (tertiary/aromatic N) is 5. The Labute approximate surface area is 147 Å². The van der Waals surface area contributed by atoms with E-state index in [0.29, 0.717) is 10.2 Å². The van der Waals surface area contributed by atoms with Gasteiger partial charge >= 0.3 is 0 Å². The molecule has 0 radical (unpaired) electrons. The van der Waals surface area contributed by atoms with Crippen molar-refractivity contribution in [1.29, 1.82) is 5.26 Å². The first kappa shape index (κ1) is 16.5. The number of benzene rings is 1. The molecule has 8 heteroatoms. The molecule has 6 nitrogen and oxygen atoms in total. The van der Waals surface area contributed by atoms with Crippen molar-refractivity contribution in [3.63, 3.8) is 0 Å². The average Bonchev–Trinajstić information content (AvgIpc) is 3.21. The first-order chi connectivity index (χ1) is 11.6. The monoisotopic (exact) mass is 357 g/mol. The van der Waals surface area contributed by atoms with Crippen molar-refractivity contribution in [3.8, 4) is 6.07 Å². The summed E-state index contributed by atoms with van der Waals surface area (Å²) >= 11 is 2.76. The van der Waals surface area contributed by atoms with Crippen LogP contribution in [0.2, 0.25) is 0 Å². The number of thiazole rings is 1. The van der Waals surface area contributed by atoms with Crippen LogP contribution in [0.4, 0.5) is 0 Å². The van der Waals surface area contributed by atoms with E-state index in [-0.39, 0.29) is 16.6 Å². The molecule has 0 aliphatic heterocycles. The van der Waals surface area contributed by atoms with Crippen molar-refractivity contribution in [3.05, 3.63) is 41.4 Å². The lowest BCUT2D eigenvalue weighted by Gasteiger charge is -2.11. The Balaban J connectivity index is 1.93. The number of aromatic nitrogens is 4. The number of para-hydroxylation sites is 1. The molecule has 1 atom stereocenters. The second-order valence-electron chi connectivity index (χ2n) is 5.02. The first-order valence-electron chi connectivity index (χ1n) is 7.37. The maximum atomic E-state index is 10.6. The minimum absolute atomic E-state index is 0.00668. The van der Waals surface area contributed by atoms with Crippen LogP contribution in [0.1, 0.15) is 18.9 Å². The zero-order chi connectivity index (χ0) is 17.1. The van der Waals surface area contributed by atoms with E-state index in [1.165, 1.54) is 23.1 Å². The number of aliphatic hydroxyl groups is 1. The third kappa shape index (κ3) is 3.13. The van der Waals surface area contributed by atoms with Crippen molar-refractivity contribution in [2.24, 2.45) is 0 Å². The highest BCUT2D eigenvalue weighted by Crippen LogP contribution is 2.32. The third-order valence-electron chi connectivity index (χ3n) is 3.46. The van der Waals surface area contributed by atoms with E-state index in [0.717, 1.165) is 16.8 Å². The Morgan fingerprint density at radius 3 is 2.96 bits per heavy atom. The maximum Gasteiger partial charge on any atom is 0.191 e. The minimum Gasteiger partial charge on any atom is -0.510 e. The van der Waals surface area contributed by atoms with Crippen molar-refractivity contribution < 1.29 is 5.11 Å². The van der Waals surface area contributed by atoms with Gasteiger partial charge in [0, 0.05) is 6.54 Å². The highest BCUT2D eigenvalue weighted by molar-refractivity contribution is 7.99. The molecule has 2 aromatic heterocycles. The van der Waals surface area contributed by atoms with Crippen molar-refractivity contribution in [1.82, 2.24) is 19.7 Å². The van der Waals surface area contributed by atoms with E-state index >= 15 is 0 Å². The third-order valence-corrected chi connectivity index (χ3v) is 5.62. The standard InChI is InChI=1S/C16H15N5OS2/c1-3-21-9-18-20-16(21)23-10(2)14(22)11(8-17)15-19-12-6-4-5-7-13(12)24-15/h4-7,9-10,22H,3H2,1-2H3. The van der Waals surface area contributed by atoms with Gasteiger partial charge < -0.3 is 9.67 Å². The summed E-state index contributed by atoms with van der Waals surface area (Å²) in [5.41, 5.74) is 1.03. The van der Waals surface area contributed by atoms with Crippen LogP contribution in [0.15, 0.2) is 41.5 Å². The van der Waals surface area contributed by atoms with Crippen LogP contribution in [0.3, 0.4) is 0 Å². The molecule has 0 spiro atoms. The highest BCUT2D eigenvalue weighted by Gasteiger charge is 2.21. The van der Waals surface area contributed by atoms with Gasteiger partial charge in [-0.1, -0.05) is 23.9 Å². The van der Waals surface area contributed by atoms with Gasteiger partial charge in [-0.15, -0.1) is 21.5 Å².